The van der Waals surface area contributed by atoms with Gasteiger partial charge in [0.1, 0.15) is 0 Å². The van der Waals surface area contributed by atoms with Gasteiger partial charge in [-0.2, -0.15) is 0 Å². The first-order valence-corrected chi connectivity index (χ1v) is 7.71. The van der Waals surface area contributed by atoms with Crippen molar-refractivity contribution in [1.82, 2.24) is 0 Å². The molecule has 1 unspecified atom stereocenters. The van der Waals surface area contributed by atoms with Gasteiger partial charge in [0.2, 0.25) is 0 Å². The molecule has 0 aromatic rings. The highest BCUT2D eigenvalue weighted by molar-refractivity contribution is 6.00. The minimum Gasteiger partial charge on any atom is -0.465 e. The predicted octanol–water partition coefficient (Wildman–Crippen LogP) is 3.58. The Labute approximate surface area is 123 Å². The normalized spacial score (nSPS) is 13.2. The van der Waals surface area contributed by atoms with Crippen LogP contribution in [-0.4, -0.2) is 25.2 Å². The van der Waals surface area contributed by atoms with Crippen LogP contribution in [0.2, 0.25) is 0 Å². The van der Waals surface area contributed by atoms with Crippen molar-refractivity contribution in [2.75, 3.05) is 13.2 Å². The standard InChI is InChI=1S/C16H30O4/c1-7-10-13(6)11-16(12(4)5,14(17)19-8-2)15(18)20-9-3/h12-13H,7-11H2,1-6H3. The fourth-order valence-corrected chi connectivity index (χ4v) is 2.62. The molecule has 1 atom stereocenters. The van der Waals surface area contributed by atoms with Crippen molar-refractivity contribution in [1.29, 1.82) is 0 Å². The first-order chi connectivity index (χ1) is 9.36. The second-order valence-electron chi connectivity index (χ2n) is 5.66. The molecule has 0 aliphatic heterocycles. The smallest absolute Gasteiger partial charge is 0.323 e. The molecule has 4 heteroatoms. The van der Waals surface area contributed by atoms with Crippen LogP contribution < -0.4 is 0 Å². The van der Waals surface area contributed by atoms with Gasteiger partial charge in [0.25, 0.3) is 0 Å². The topological polar surface area (TPSA) is 52.6 Å². The highest BCUT2D eigenvalue weighted by Crippen LogP contribution is 2.39. The maximum Gasteiger partial charge on any atom is 0.323 e. The van der Waals surface area contributed by atoms with E-state index in [4.69, 9.17) is 9.47 Å². The van der Waals surface area contributed by atoms with Crippen LogP contribution in [0.5, 0.6) is 0 Å². The fraction of sp³-hybridized carbons (Fsp3) is 0.875. The molecule has 0 bridgehead atoms. The average Bonchev–Trinajstić information content (AvgIpc) is 2.36. The maximum absolute atomic E-state index is 12.4. The van der Waals surface area contributed by atoms with Gasteiger partial charge in [0, 0.05) is 0 Å². The van der Waals surface area contributed by atoms with Gasteiger partial charge in [-0.1, -0.05) is 40.5 Å². The molecule has 0 aliphatic rings. The van der Waals surface area contributed by atoms with E-state index in [9.17, 15) is 9.59 Å². The Balaban J connectivity index is 5.44. The van der Waals surface area contributed by atoms with Gasteiger partial charge in [0.05, 0.1) is 13.2 Å². The molecule has 0 N–H and O–H groups in total. The zero-order chi connectivity index (χ0) is 15.8. The van der Waals surface area contributed by atoms with Gasteiger partial charge in [-0.3, -0.25) is 9.59 Å². The molecule has 0 radical (unpaired) electrons. The summed E-state index contributed by atoms with van der Waals surface area (Å²) in [5.41, 5.74) is -1.18. The molecule has 4 nitrogen and oxygen atoms in total. The molecule has 0 spiro atoms. The summed E-state index contributed by atoms with van der Waals surface area (Å²) in [6.07, 6.45) is 2.49. The SMILES string of the molecule is CCCC(C)CC(C(=O)OCC)(C(=O)OCC)C(C)C. The molecule has 0 fully saturated rings. The number of hydrogen-bond acceptors (Lipinski definition) is 4. The lowest BCUT2D eigenvalue weighted by Gasteiger charge is -2.34. The molecular formula is C16H30O4. The van der Waals surface area contributed by atoms with Gasteiger partial charge < -0.3 is 9.47 Å². The lowest BCUT2D eigenvalue weighted by Crippen LogP contribution is -2.47. The van der Waals surface area contributed by atoms with Gasteiger partial charge in [-0.15, -0.1) is 0 Å². The maximum atomic E-state index is 12.4. The largest absolute Gasteiger partial charge is 0.465 e. The summed E-state index contributed by atoms with van der Waals surface area (Å²) >= 11 is 0. The van der Waals surface area contributed by atoms with E-state index < -0.39 is 17.4 Å². The summed E-state index contributed by atoms with van der Waals surface area (Å²) in [6, 6.07) is 0. The average molecular weight is 286 g/mol. The Morgan fingerprint density at radius 2 is 1.40 bits per heavy atom. The van der Waals surface area contributed by atoms with Gasteiger partial charge in [-0.25, -0.2) is 0 Å². The van der Waals surface area contributed by atoms with Crippen LogP contribution in [0.25, 0.3) is 0 Å². The van der Waals surface area contributed by atoms with Crippen LogP contribution in [0.1, 0.15) is 60.8 Å². The number of esters is 2. The van der Waals surface area contributed by atoms with E-state index in [1.807, 2.05) is 13.8 Å². The molecule has 0 aromatic carbocycles. The first kappa shape index (κ1) is 18.9. The summed E-state index contributed by atoms with van der Waals surface area (Å²) in [7, 11) is 0. The van der Waals surface area contributed by atoms with Crippen LogP contribution in [0.4, 0.5) is 0 Å². The zero-order valence-electron chi connectivity index (χ0n) is 13.8. The lowest BCUT2D eigenvalue weighted by molar-refractivity contribution is -0.177. The van der Waals surface area contributed by atoms with Crippen molar-refractivity contribution in [3.8, 4) is 0 Å². The van der Waals surface area contributed by atoms with Crippen molar-refractivity contribution < 1.29 is 19.1 Å². The molecule has 0 saturated carbocycles. The Morgan fingerprint density at radius 1 is 0.950 bits per heavy atom. The Morgan fingerprint density at radius 3 is 1.70 bits per heavy atom. The molecule has 118 valence electrons. The quantitative estimate of drug-likeness (QED) is 0.480. The van der Waals surface area contributed by atoms with E-state index in [1.54, 1.807) is 13.8 Å². The summed E-state index contributed by atoms with van der Waals surface area (Å²) < 4.78 is 10.4. The van der Waals surface area contributed by atoms with Crippen LogP contribution in [-0.2, 0) is 19.1 Å². The Kier molecular flexibility index (Phi) is 8.51. The third-order valence-corrected chi connectivity index (χ3v) is 3.72. The molecule has 20 heavy (non-hydrogen) atoms. The van der Waals surface area contributed by atoms with Crippen molar-refractivity contribution in [3.63, 3.8) is 0 Å². The summed E-state index contributed by atoms with van der Waals surface area (Å²) in [5.74, 6) is -0.774. The highest BCUT2D eigenvalue weighted by atomic mass is 16.6. The second-order valence-corrected chi connectivity index (χ2v) is 5.66. The van der Waals surface area contributed by atoms with E-state index >= 15 is 0 Å². The lowest BCUT2D eigenvalue weighted by atomic mass is 9.70. The van der Waals surface area contributed by atoms with Crippen molar-refractivity contribution in [2.45, 2.75) is 60.8 Å². The van der Waals surface area contributed by atoms with Crippen LogP contribution >= 0.6 is 0 Å². The van der Waals surface area contributed by atoms with Crippen molar-refractivity contribution >= 4 is 11.9 Å². The van der Waals surface area contributed by atoms with Crippen LogP contribution in [0, 0.1) is 17.3 Å². The molecule has 0 saturated heterocycles. The van der Waals surface area contributed by atoms with E-state index in [0.717, 1.165) is 12.8 Å². The highest BCUT2D eigenvalue weighted by Gasteiger charge is 2.51. The van der Waals surface area contributed by atoms with Gasteiger partial charge in [0.15, 0.2) is 5.41 Å². The first-order valence-electron chi connectivity index (χ1n) is 7.71. The fourth-order valence-electron chi connectivity index (χ4n) is 2.62. The molecular weight excluding hydrogens is 256 g/mol. The number of rotatable bonds is 9. The Hall–Kier alpha value is -1.06. The number of ether oxygens (including phenoxy) is 2. The summed E-state index contributed by atoms with van der Waals surface area (Å²) in [4.78, 5) is 24.9. The van der Waals surface area contributed by atoms with E-state index in [0.29, 0.717) is 6.42 Å². The van der Waals surface area contributed by atoms with Gasteiger partial charge >= 0.3 is 11.9 Å². The molecule has 0 heterocycles. The third-order valence-electron chi connectivity index (χ3n) is 3.72. The minimum absolute atomic E-state index is 0.153. The van der Waals surface area contributed by atoms with Crippen LogP contribution in [0.3, 0.4) is 0 Å². The van der Waals surface area contributed by atoms with Crippen molar-refractivity contribution in [2.24, 2.45) is 17.3 Å². The predicted molar refractivity (Wildman–Crippen MR) is 79.2 cm³/mol. The number of hydrogen-bond donors (Lipinski definition) is 0. The van der Waals surface area contributed by atoms with Gasteiger partial charge in [-0.05, 0) is 32.1 Å². The summed E-state index contributed by atoms with van der Waals surface area (Å²) in [5, 5.41) is 0. The van der Waals surface area contributed by atoms with E-state index in [-0.39, 0.29) is 25.0 Å². The van der Waals surface area contributed by atoms with E-state index in [2.05, 4.69) is 13.8 Å². The second kappa shape index (κ2) is 8.98. The number of carbonyl (C=O) groups is 2. The van der Waals surface area contributed by atoms with Crippen molar-refractivity contribution in [3.05, 3.63) is 0 Å². The molecule has 0 amide bonds. The monoisotopic (exact) mass is 286 g/mol. The molecule has 0 aliphatic carbocycles. The minimum atomic E-state index is -1.18. The number of carbonyl (C=O) groups excluding carboxylic acids is 2. The molecule has 0 rings (SSSR count). The Bertz CT molecular complexity index is 292. The van der Waals surface area contributed by atoms with Crippen LogP contribution in [0.15, 0.2) is 0 Å². The summed E-state index contributed by atoms with van der Waals surface area (Å²) in [6.45, 7) is 12.0. The third kappa shape index (κ3) is 4.50. The zero-order valence-corrected chi connectivity index (χ0v) is 13.8. The van der Waals surface area contributed by atoms with E-state index in [1.165, 1.54) is 0 Å². The molecule has 0 aromatic heterocycles.